The minimum absolute atomic E-state index is 0. The van der Waals surface area contributed by atoms with Gasteiger partial charge in [0, 0.05) is 0 Å². The monoisotopic (exact) mass is 211 g/mol. The smallest absolute Gasteiger partial charge is 0.193 e. The van der Waals surface area contributed by atoms with Crippen LogP contribution in [-0.4, -0.2) is 20.0 Å². The predicted molar refractivity (Wildman–Crippen MR) is 55.3 cm³/mol. The van der Waals surface area contributed by atoms with Gasteiger partial charge in [0.05, 0.1) is 29.3 Å². The van der Waals surface area contributed by atoms with E-state index in [1.165, 1.54) is 11.0 Å². The van der Waals surface area contributed by atoms with E-state index in [1.807, 2.05) is 0 Å². The van der Waals surface area contributed by atoms with Gasteiger partial charge in [-0.1, -0.05) is 19.0 Å². The topological polar surface area (TPSA) is 69.6 Å². The Balaban J connectivity index is 0.000000980. The second-order valence-corrected chi connectivity index (χ2v) is 2.80. The van der Waals surface area contributed by atoms with Crippen LogP contribution in [0.2, 0.25) is 5.02 Å². The number of nitrogens with two attached hydrogens (primary N) is 1. The number of nitrogen functional groups attached to an aromatic ring is 1. The van der Waals surface area contributed by atoms with E-state index >= 15 is 0 Å². The molecule has 2 N–H and O–H groups in total. The van der Waals surface area contributed by atoms with Crippen molar-refractivity contribution < 1.29 is 0 Å². The molecule has 0 spiro atoms. The highest BCUT2D eigenvalue weighted by Crippen LogP contribution is 2.18. The van der Waals surface area contributed by atoms with Crippen molar-refractivity contribution in [1.29, 1.82) is 0 Å². The first-order valence-electron chi connectivity index (χ1n) is 3.55. The molecule has 2 heterocycles. The summed E-state index contributed by atoms with van der Waals surface area (Å²) >= 11 is 5.88. The summed E-state index contributed by atoms with van der Waals surface area (Å²) in [6.45, 7) is 0. The van der Waals surface area contributed by atoms with Crippen molar-refractivity contribution in [3.8, 4) is 5.82 Å². The van der Waals surface area contributed by atoms with Crippen molar-refractivity contribution in [2.45, 2.75) is 7.43 Å². The van der Waals surface area contributed by atoms with Crippen LogP contribution < -0.4 is 5.73 Å². The van der Waals surface area contributed by atoms with Crippen LogP contribution >= 0.6 is 11.6 Å². The van der Waals surface area contributed by atoms with Gasteiger partial charge in [-0.2, -0.15) is 10.2 Å². The Hall–Kier alpha value is -1.62. The number of anilines is 1. The highest BCUT2D eigenvalue weighted by molar-refractivity contribution is 6.32. The van der Waals surface area contributed by atoms with Gasteiger partial charge in [-0.15, -0.1) is 4.80 Å². The zero-order valence-corrected chi connectivity index (χ0v) is 7.31. The minimum Gasteiger partial charge on any atom is -0.397 e. The van der Waals surface area contributed by atoms with E-state index in [9.17, 15) is 0 Å². The highest BCUT2D eigenvalue weighted by Gasteiger charge is 2.05. The lowest BCUT2D eigenvalue weighted by atomic mass is 10.4. The molecular weight excluding hydrogens is 202 g/mol. The summed E-state index contributed by atoms with van der Waals surface area (Å²) < 4.78 is 0. The maximum Gasteiger partial charge on any atom is 0.193 e. The van der Waals surface area contributed by atoms with Gasteiger partial charge in [0.15, 0.2) is 5.82 Å². The number of hydrogen-bond acceptors (Lipinski definition) is 4. The summed E-state index contributed by atoms with van der Waals surface area (Å²) in [5.41, 5.74) is 6.00. The molecule has 74 valence electrons. The zero-order chi connectivity index (χ0) is 9.26. The van der Waals surface area contributed by atoms with Crippen LogP contribution in [0.15, 0.2) is 24.7 Å². The molecular formula is C8H10ClN5. The van der Waals surface area contributed by atoms with E-state index in [0.717, 1.165) is 0 Å². The molecule has 0 fully saturated rings. The second kappa shape index (κ2) is 4.06. The van der Waals surface area contributed by atoms with Crippen molar-refractivity contribution in [3.63, 3.8) is 0 Å². The first kappa shape index (κ1) is 10.5. The SMILES string of the molecule is C.Nc1cnc(-n2nccn2)c(Cl)c1. The quantitative estimate of drug-likeness (QED) is 0.777. The first-order valence-corrected chi connectivity index (χ1v) is 3.93. The third-order valence-corrected chi connectivity index (χ3v) is 1.73. The fraction of sp³-hybridized carbons (Fsp3) is 0.125. The molecule has 2 aromatic rings. The van der Waals surface area contributed by atoms with Crippen molar-refractivity contribution in [2.24, 2.45) is 0 Å². The third kappa shape index (κ3) is 1.82. The number of pyridine rings is 1. The molecule has 0 bridgehead atoms. The highest BCUT2D eigenvalue weighted by atomic mass is 35.5. The molecule has 0 aromatic carbocycles. The molecule has 0 aliphatic carbocycles. The molecule has 0 unspecified atom stereocenters. The summed E-state index contributed by atoms with van der Waals surface area (Å²) in [7, 11) is 0. The molecule has 0 radical (unpaired) electrons. The van der Waals surface area contributed by atoms with Gasteiger partial charge in [-0.25, -0.2) is 4.98 Å². The molecule has 2 rings (SSSR count). The van der Waals surface area contributed by atoms with E-state index < -0.39 is 0 Å². The van der Waals surface area contributed by atoms with Crippen LogP contribution in [0, 0.1) is 0 Å². The summed E-state index contributed by atoms with van der Waals surface area (Å²) in [4.78, 5) is 5.34. The van der Waals surface area contributed by atoms with Crippen LogP contribution in [0.1, 0.15) is 7.43 Å². The molecule has 0 amide bonds. The van der Waals surface area contributed by atoms with Crippen LogP contribution in [0.3, 0.4) is 0 Å². The fourth-order valence-corrected chi connectivity index (χ4v) is 1.17. The average molecular weight is 212 g/mol. The average Bonchev–Trinajstić information content (AvgIpc) is 2.56. The van der Waals surface area contributed by atoms with E-state index in [0.29, 0.717) is 16.5 Å². The number of hydrogen-bond donors (Lipinski definition) is 1. The maximum absolute atomic E-state index is 5.88. The molecule has 0 atom stereocenters. The second-order valence-electron chi connectivity index (χ2n) is 2.39. The van der Waals surface area contributed by atoms with Crippen LogP contribution in [0.4, 0.5) is 5.69 Å². The fourth-order valence-electron chi connectivity index (χ4n) is 0.918. The maximum atomic E-state index is 5.88. The number of aromatic nitrogens is 4. The Kier molecular flexibility index (Phi) is 3.03. The molecule has 0 saturated carbocycles. The Morgan fingerprint density at radius 2 is 1.93 bits per heavy atom. The lowest BCUT2D eigenvalue weighted by Crippen LogP contribution is -2.02. The van der Waals surface area contributed by atoms with Crippen LogP contribution in [0.25, 0.3) is 5.82 Å². The van der Waals surface area contributed by atoms with Crippen molar-refractivity contribution in [2.75, 3.05) is 5.73 Å². The van der Waals surface area contributed by atoms with E-state index in [-0.39, 0.29) is 7.43 Å². The Bertz CT molecular complexity index is 412. The summed E-state index contributed by atoms with van der Waals surface area (Å²) in [6, 6.07) is 1.60. The lowest BCUT2D eigenvalue weighted by molar-refractivity contribution is 0.730. The lowest BCUT2D eigenvalue weighted by Gasteiger charge is -2.01. The summed E-state index contributed by atoms with van der Waals surface area (Å²) in [5.74, 6) is 0.473. The Morgan fingerprint density at radius 3 is 2.50 bits per heavy atom. The van der Waals surface area contributed by atoms with E-state index in [4.69, 9.17) is 17.3 Å². The molecule has 0 saturated heterocycles. The molecule has 5 nitrogen and oxygen atoms in total. The molecule has 0 aliphatic rings. The van der Waals surface area contributed by atoms with Gasteiger partial charge in [-0.3, -0.25) is 0 Å². The van der Waals surface area contributed by atoms with Crippen LogP contribution in [-0.2, 0) is 0 Å². The first-order chi connectivity index (χ1) is 6.27. The van der Waals surface area contributed by atoms with Crippen LogP contribution in [0.5, 0.6) is 0 Å². The van der Waals surface area contributed by atoms with Gasteiger partial charge >= 0.3 is 0 Å². The van der Waals surface area contributed by atoms with E-state index in [2.05, 4.69) is 15.2 Å². The largest absolute Gasteiger partial charge is 0.397 e. The standard InChI is InChI=1S/C7H6ClN5.CH4/c8-6-3-5(9)4-10-7(6)13-11-1-2-12-13;/h1-4H,9H2;1H4. The summed E-state index contributed by atoms with van der Waals surface area (Å²) in [5, 5.41) is 8.22. The van der Waals surface area contributed by atoms with E-state index in [1.54, 1.807) is 18.5 Å². The molecule has 2 aromatic heterocycles. The van der Waals surface area contributed by atoms with Gasteiger partial charge in [-0.05, 0) is 6.07 Å². The minimum atomic E-state index is 0. The van der Waals surface area contributed by atoms with Gasteiger partial charge < -0.3 is 5.73 Å². The van der Waals surface area contributed by atoms with Crippen molar-refractivity contribution >= 4 is 17.3 Å². The number of nitrogens with zero attached hydrogens (tertiary/aromatic N) is 4. The normalized spacial score (nSPS) is 9.50. The Labute approximate surface area is 86.5 Å². The third-order valence-electron chi connectivity index (χ3n) is 1.45. The number of halogens is 1. The van der Waals surface area contributed by atoms with Crippen molar-refractivity contribution in [3.05, 3.63) is 29.7 Å². The predicted octanol–water partition coefficient (Wildman–Crippen LogP) is 1.53. The molecule has 6 heteroatoms. The summed E-state index contributed by atoms with van der Waals surface area (Å²) in [6.07, 6.45) is 4.60. The van der Waals surface area contributed by atoms with Gasteiger partial charge in [0.1, 0.15) is 0 Å². The molecule has 14 heavy (non-hydrogen) atoms. The zero-order valence-electron chi connectivity index (χ0n) is 6.55. The van der Waals surface area contributed by atoms with Gasteiger partial charge in [0.2, 0.25) is 0 Å². The number of rotatable bonds is 1. The van der Waals surface area contributed by atoms with Crippen molar-refractivity contribution in [1.82, 2.24) is 20.0 Å². The Morgan fingerprint density at radius 1 is 1.29 bits per heavy atom. The molecule has 0 aliphatic heterocycles. The van der Waals surface area contributed by atoms with Gasteiger partial charge in [0.25, 0.3) is 0 Å².